The van der Waals surface area contributed by atoms with Crippen LogP contribution in [0.1, 0.15) is 25.0 Å². The lowest BCUT2D eigenvalue weighted by atomic mass is 10.2. The summed E-state index contributed by atoms with van der Waals surface area (Å²) in [6, 6.07) is 16.5. The van der Waals surface area contributed by atoms with Crippen LogP contribution in [0.3, 0.4) is 0 Å². The maximum Gasteiger partial charge on any atom is 0.119 e. The van der Waals surface area contributed by atoms with Gasteiger partial charge < -0.3 is 10.1 Å². The first-order valence-corrected chi connectivity index (χ1v) is 8.09. The predicted octanol–water partition coefficient (Wildman–Crippen LogP) is 4.77. The predicted molar refractivity (Wildman–Crippen MR) is 91.5 cm³/mol. The summed E-state index contributed by atoms with van der Waals surface area (Å²) in [7, 11) is 0. The van der Waals surface area contributed by atoms with Gasteiger partial charge in [-0.05, 0) is 47.9 Å². The molecule has 3 heteroatoms. The number of nitrogens with one attached hydrogen (secondary N) is 1. The molecular weight excluding hydrogens is 326 g/mol. The Bertz CT molecular complexity index is 534. The quantitative estimate of drug-likeness (QED) is 0.778. The summed E-state index contributed by atoms with van der Waals surface area (Å²) in [6.07, 6.45) is 0. The van der Waals surface area contributed by atoms with Gasteiger partial charge in [0.15, 0.2) is 0 Å². The van der Waals surface area contributed by atoms with Crippen LogP contribution in [0.5, 0.6) is 5.75 Å². The van der Waals surface area contributed by atoms with E-state index in [1.54, 1.807) is 0 Å². The van der Waals surface area contributed by atoms with E-state index < -0.39 is 0 Å². The zero-order valence-electron chi connectivity index (χ0n) is 12.6. The molecule has 2 rings (SSSR count). The number of hydrogen-bond donors (Lipinski definition) is 1. The van der Waals surface area contributed by atoms with Crippen molar-refractivity contribution >= 4 is 15.9 Å². The maximum atomic E-state index is 5.79. The lowest BCUT2D eigenvalue weighted by Crippen LogP contribution is -2.18. The summed E-state index contributed by atoms with van der Waals surface area (Å²) < 4.78 is 6.88. The second-order valence-electron chi connectivity index (χ2n) is 5.58. The van der Waals surface area contributed by atoms with Gasteiger partial charge in [-0.3, -0.25) is 0 Å². The fourth-order valence-corrected chi connectivity index (χ4v) is 2.22. The van der Waals surface area contributed by atoms with Crippen molar-refractivity contribution in [1.82, 2.24) is 5.32 Å². The molecule has 0 aliphatic heterocycles. The second-order valence-corrected chi connectivity index (χ2v) is 6.50. The topological polar surface area (TPSA) is 21.3 Å². The molecule has 0 unspecified atom stereocenters. The molecule has 112 valence electrons. The first-order valence-electron chi connectivity index (χ1n) is 7.30. The lowest BCUT2D eigenvalue weighted by Gasteiger charge is -2.09. The van der Waals surface area contributed by atoms with Gasteiger partial charge in [0.05, 0.1) is 0 Å². The average molecular weight is 348 g/mol. The highest BCUT2D eigenvalue weighted by molar-refractivity contribution is 9.10. The third-order valence-electron chi connectivity index (χ3n) is 3.12. The van der Waals surface area contributed by atoms with E-state index in [9.17, 15) is 0 Å². The van der Waals surface area contributed by atoms with E-state index in [1.165, 1.54) is 11.1 Å². The van der Waals surface area contributed by atoms with Crippen LogP contribution in [0, 0.1) is 5.92 Å². The smallest absolute Gasteiger partial charge is 0.119 e. The fraction of sp³-hybridized carbons (Fsp3) is 0.333. The summed E-state index contributed by atoms with van der Waals surface area (Å²) >= 11 is 3.43. The molecule has 2 aromatic rings. The summed E-state index contributed by atoms with van der Waals surface area (Å²) in [4.78, 5) is 0. The minimum atomic E-state index is 0.595. The molecule has 0 spiro atoms. The Labute approximate surface area is 135 Å². The fourth-order valence-electron chi connectivity index (χ4n) is 1.96. The molecule has 1 N–H and O–H groups in total. The first kappa shape index (κ1) is 16.1. The zero-order chi connectivity index (χ0) is 15.1. The first-order chi connectivity index (χ1) is 10.1. The van der Waals surface area contributed by atoms with Crippen molar-refractivity contribution in [2.45, 2.75) is 27.0 Å². The number of halogens is 1. The Kier molecular flexibility index (Phi) is 6.27. The summed E-state index contributed by atoms with van der Waals surface area (Å²) in [5.74, 6) is 1.59. The van der Waals surface area contributed by atoms with Gasteiger partial charge in [0.2, 0.25) is 0 Å². The Morgan fingerprint density at radius 1 is 0.952 bits per heavy atom. The highest BCUT2D eigenvalue weighted by atomic mass is 79.9. The normalized spacial score (nSPS) is 10.9. The Morgan fingerprint density at radius 3 is 2.19 bits per heavy atom. The van der Waals surface area contributed by atoms with Crippen molar-refractivity contribution in [3.8, 4) is 5.75 Å². The van der Waals surface area contributed by atoms with Crippen molar-refractivity contribution in [3.05, 3.63) is 64.1 Å². The number of benzene rings is 2. The van der Waals surface area contributed by atoms with Crippen LogP contribution < -0.4 is 10.1 Å². The molecule has 0 heterocycles. The minimum absolute atomic E-state index is 0.595. The van der Waals surface area contributed by atoms with Crippen molar-refractivity contribution in [2.24, 2.45) is 5.92 Å². The van der Waals surface area contributed by atoms with Gasteiger partial charge in [-0.2, -0.15) is 0 Å². The average Bonchev–Trinajstić information content (AvgIpc) is 2.48. The van der Waals surface area contributed by atoms with Crippen molar-refractivity contribution < 1.29 is 4.74 Å². The highest BCUT2D eigenvalue weighted by Crippen LogP contribution is 2.16. The summed E-state index contributed by atoms with van der Waals surface area (Å²) in [5.41, 5.74) is 2.45. The van der Waals surface area contributed by atoms with Crippen molar-refractivity contribution in [3.63, 3.8) is 0 Å². The van der Waals surface area contributed by atoms with Gasteiger partial charge >= 0.3 is 0 Å². The molecule has 0 aliphatic carbocycles. The molecule has 0 aliphatic rings. The summed E-state index contributed by atoms with van der Waals surface area (Å²) in [6.45, 7) is 6.98. The zero-order valence-corrected chi connectivity index (χ0v) is 14.2. The molecule has 0 aromatic heterocycles. The molecule has 21 heavy (non-hydrogen) atoms. The molecule has 0 radical (unpaired) electrons. The van der Waals surface area contributed by atoms with Gasteiger partial charge in [0, 0.05) is 11.0 Å². The molecular formula is C18H22BrNO. The Morgan fingerprint density at radius 2 is 1.57 bits per heavy atom. The van der Waals surface area contributed by atoms with Gasteiger partial charge in [-0.1, -0.05) is 54.0 Å². The van der Waals surface area contributed by atoms with Crippen LogP contribution in [0.2, 0.25) is 0 Å². The molecule has 0 amide bonds. The highest BCUT2D eigenvalue weighted by Gasteiger charge is 1.98. The second kappa shape index (κ2) is 8.20. The van der Waals surface area contributed by atoms with E-state index in [2.05, 4.69) is 59.4 Å². The Balaban J connectivity index is 1.80. The van der Waals surface area contributed by atoms with Crippen LogP contribution in [-0.4, -0.2) is 6.54 Å². The molecule has 0 atom stereocenters. The van der Waals surface area contributed by atoms with E-state index in [0.29, 0.717) is 12.5 Å². The van der Waals surface area contributed by atoms with Crippen LogP contribution >= 0.6 is 15.9 Å². The van der Waals surface area contributed by atoms with E-state index in [4.69, 9.17) is 4.74 Å². The molecule has 0 fully saturated rings. The number of ether oxygens (including phenoxy) is 1. The van der Waals surface area contributed by atoms with Crippen molar-refractivity contribution in [1.29, 1.82) is 0 Å². The van der Waals surface area contributed by atoms with Crippen molar-refractivity contribution in [2.75, 3.05) is 6.54 Å². The monoisotopic (exact) mass is 347 g/mol. The minimum Gasteiger partial charge on any atom is -0.489 e. The molecule has 0 bridgehead atoms. The maximum absolute atomic E-state index is 5.79. The molecule has 2 aromatic carbocycles. The van der Waals surface area contributed by atoms with Crippen LogP contribution in [0.15, 0.2) is 53.0 Å². The molecule has 0 saturated carbocycles. The third-order valence-corrected chi connectivity index (χ3v) is 3.65. The number of rotatable bonds is 7. The van der Waals surface area contributed by atoms with Crippen LogP contribution in [0.25, 0.3) is 0 Å². The lowest BCUT2D eigenvalue weighted by molar-refractivity contribution is 0.306. The van der Waals surface area contributed by atoms with Gasteiger partial charge in [0.1, 0.15) is 12.4 Å². The molecule has 0 saturated heterocycles. The SMILES string of the molecule is CC(C)CNCc1ccc(OCc2ccc(Br)cc2)cc1. The summed E-state index contributed by atoms with van der Waals surface area (Å²) in [5, 5.41) is 3.44. The van der Waals surface area contributed by atoms with E-state index in [-0.39, 0.29) is 0 Å². The molecule has 2 nitrogen and oxygen atoms in total. The van der Waals surface area contributed by atoms with Crippen LogP contribution in [0.4, 0.5) is 0 Å². The van der Waals surface area contributed by atoms with E-state index in [1.807, 2.05) is 24.3 Å². The van der Waals surface area contributed by atoms with Gasteiger partial charge in [0.25, 0.3) is 0 Å². The third kappa shape index (κ3) is 5.90. The van der Waals surface area contributed by atoms with Gasteiger partial charge in [-0.15, -0.1) is 0 Å². The largest absolute Gasteiger partial charge is 0.489 e. The Hall–Kier alpha value is -1.32. The van der Waals surface area contributed by atoms with Gasteiger partial charge in [-0.25, -0.2) is 0 Å². The number of hydrogen-bond acceptors (Lipinski definition) is 2. The van der Waals surface area contributed by atoms with E-state index >= 15 is 0 Å². The standard InChI is InChI=1S/C18H22BrNO/c1-14(2)11-20-12-15-5-9-18(10-6-15)21-13-16-3-7-17(19)8-4-16/h3-10,14,20H,11-13H2,1-2H3. The van der Waals surface area contributed by atoms with E-state index in [0.717, 1.165) is 23.3 Å². The van der Waals surface area contributed by atoms with Crippen LogP contribution in [-0.2, 0) is 13.2 Å².